The summed E-state index contributed by atoms with van der Waals surface area (Å²) < 4.78 is 4.46. The minimum atomic E-state index is 0.834. The Kier molecular flexibility index (Phi) is 9.90. The molecule has 44 heavy (non-hydrogen) atoms. The molecule has 0 atom stereocenters. The van der Waals surface area contributed by atoms with E-state index in [2.05, 4.69) is 153 Å². The summed E-state index contributed by atoms with van der Waals surface area (Å²) >= 11 is 3.46. The van der Waals surface area contributed by atoms with E-state index in [9.17, 15) is 0 Å². The zero-order valence-corrected chi connectivity index (χ0v) is 26.8. The molecule has 0 fully saturated rings. The van der Waals surface area contributed by atoms with Gasteiger partial charge in [-0.05, 0) is 73.2 Å². The molecule has 8 heteroatoms. The van der Waals surface area contributed by atoms with Gasteiger partial charge in [0, 0.05) is 35.7 Å². The molecule has 0 aliphatic heterocycles. The van der Waals surface area contributed by atoms with E-state index in [0.29, 0.717) is 0 Å². The van der Waals surface area contributed by atoms with Crippen molar-refractivity contribution in [2.24, 2.45) is 0 Å². The lowest BCUT2D eigenvalue weighted by molar-refractivity contribution is 0.664. The molecule has 2 heterocycles. The SMILES string of the molecule is Cc1cccc(-n2c(CCCCc3nnc(SCc4ccccc4)n3-c3cccc(C)c3)nnc2SCc2ccccc2)c1. The van der Waals surface area contributed by atoms with Crippen LogP contribution in [0.15, 0.2) is 120 Å². The third-order valence-corrected chi connectivity index (χ3v) is 9.39. The van der Waals surface area contributed by atoms with Gasteiger partial charge < -0.3 is 0 Å². The molecule has 0 radical (unpaired) electrons. The van der Waals surface area contributed by atoms with Gasteiger partial charge in [0.1, 0.15) is 11.6 Å². The van der Waals surface area contributed by atoms with Crippen molar-refractivity contribution in [2.75, 3.05) is 0 Å². The first-order valence-corrected chi connectivity index (χ1v) is 17.0. The largest absolute Gasteiger partial charge is 0.274 e. The fourth-order valence-corrected chi connectivity index (χ4v) is 7.03. The molecule has 222 valence electrons. The fourth-order valence-electron chi connectivity index (χ4n) is 5.17. The lowest BCUT2D eigenvalue weighted by Gasteiger charge is -2.12. The summed E-state index contributed by atoms with van der Waals surface area (Å²) in [5.41, 5.74) is 7.21. The molecular weight excluding hydrogens is 581 g/mol. The highest BCUT2D eigenvalue weighted by Gasteiger charge is 2.17. The Morgan fingerprint density at radius 1 is 0.500 bits per heavy atom. The van der Waals surface area contributed by atoms with Crippen LogP contribution in [0, 0.1) is 13.8 Å². The molecule has 0 aliphatic rings. The maximum absolute atomic E-state index is 4.67. The van der Waals surface area contributed by atoms with Crippen LogP contribution in [-0.4, -0.2) is 29.5 Å². The van der Waals surface area contributed by atoms with Crippen molar-refractivity contribution in [2.45, 2.75) is 61.3 Å². The molecule has 6 nitrogen and oxygen atoms in total. The normalized spacial score (nSPS) is 11.2. The number of hydrogen-bond donors (Lipinski definition) is 0. The van der Waals surface area contributed by atoms with E-state index in [1.165, 1.54) is 22.3 Å². The summed E-state index contributed by atoms with van der Waals surface area (Å²) in [6.45, 7) is 4.25. The molecule has 0 aliphatic carbocycles. The van der Waals surface area contributed by atoms with Crippen molar-refractivity contribution >= 4 is 23.5 Å². The molecular formula is C36H36N6S2. The summed E-state index contributed by atoms with van der Waals surface area (Å²) in [5, 5.41) is 20.4. The minimum absolute atomic E-state index is 0.834. The monoisotopic (exact) mass is 616 g/mol. The number of unbranched alkanes of at least 4 members (excludes halogenated alkanes) is 1. The highest BCUT2D eigenvalue weighted by atomic mass is 32.2. The molecule has 0 saturated heterocycles. The zero-order chi connectivity index (χ0) is 30.1. The van der Waals surface area contributed by atoms with Gasteiger partial charge in [0.2, 0.25) is 0 Å². The van der Waals surface area contributed by atoms with Crippen LogP contribution in [-0.2, 0) is 24.3 Å². The van der Waals surface area contributed by atoms with Gasteiger partial charge in [-0.2, -0.15) is 0 Å². The summed E-state index contributed by atoms with van der Waals surface area (Å²) in [7, 11) is 0. The van der Waals surface area contributed by atoms with Gasteiger partial charge in [0.15, 0.2) is 10.3 Å². The number of aryl methyl sites for hydroxylation is 4. The highest BCUT2D eigenvalue weighted by molar-refractivity contribution is 7.98. The predicted molar refractivity (Wildman–Crippen MR) is 181 cm³/mol. The van der Waals surface area contributed by atoms with Crippen LogP contribution >= 0.6 is 23.5 Å². The number of thioether (sulfide) groups is 2. The Morgan fingerprint density at radius 2 is 0.932 bits per heavy atom. The molecule has 0 saturated carbocycles. The third kappa shape index (κ3) is 7.49. The fraction of sp³-hybridized carbons (Fsp3) is 0.222. The van der Waals surface area contributed by atoms with E-state index in [-0.39, 0.29) is 0 Å². The summed E-state index contributed by atoms with van der Waals surface area (Å²) in [5.74, 6) is 3.68. The molecule has 0 amide bonds. The van der Waals surface area contributed by atoms with E-state index in [0.717, 1.165) is 70.5 Å². The van der Waals surface area contributed by atoms with Gasteiger partial charge in [-0.25, -0.2) is 0 Å². The third-order valence-electron chi connectivity index (χ3n) is 7.39. The Bertz CT molecular complexity index is 1660. The summed E-state index contributed by atoms with van der Waals surface area (Å²) in [6, 6.07) is 38.2. The average molecular weight is 617 g/mol. The lowest BCUT2D eigenvalue weighted by Crippen LogP contribution is -2.06. The van der Waals surface area contributed by atoms with Crippen LogP contribution in [0.3, 0.4) is 0 Å². The van der Waals surface area contributed by atoms with Crippen molar-refractivity contribution in [1.29, 1.82) is 0 Å². The Labute approximate surface area is 268 Å². The van der Waals surface area contributed by atoms with Crippen LogP contribution in [0.5, 0.6) is 0 Å². The van der Waals surface area contributed by atoms with Gasteiger partial charge in [0.25, 0.3) is 0 Å². The quantitative estimate of drug-likeness (QED) is 0.0956. The Balaban J connectivity index is 1.17. The highest BCUT2D eigenvalue weighted by Crippen LogP contribution is 2.28. The maximum atomic E-state index is 4.67. The molecule has 4 aromatic carbocycles. The van der Waals surface area contributed by atoms with Crippen molar-refractivity contribution in [1.82, 2.24) is 29.5 Å². The van der Waals surface area contributed by atoms with Crippen LogP contribution in [0.1, 0.15) is 46.7 Å². The Morgan fingerprint density at radius 3 is 1.34 bits per heavy atom. The van der Waals surface area contributed by atoms with E-state index in [4.69, 9.17) is 0 Å². The summed E-state index contributed by atoms with van der Waals surface area (Å²) in [4.78, 5) is 0. The van der Waals surface area contributed by atoms with E-state index in [1.54, 1.807) is 23.5 Å². The van der Waals surface area contributed by atoms with Crippen LogP contribution in [0.2, 0.25) is 0 Å². The second-order valence-electron chi connectivity index (χ2n) is 10.9. The number of rotatable bonds is 13. The number of nitrogens with zero attached hydrogens (tertiary/aromatic N) is 6. The van der Waals surface area contributed by atoms with Crippen molar-refractivity contribution in [3.05, 3.63) is 143 Å². The maximum Gasteiger partial charge on any atom is 0.196 e. The average Bonchev–Trinajstić information content (AvgIpc) is 3.66. The number of hydrogen-bond acceptors (Lipinski definition) is 6. The molecule has 0 bridgehead atoms. The van der Waals surface area contributed by atoms with Gasteiger partial charge in [-0.3, -0.25) is 9.13 Å². The van der Waals surface area contributed by atoms with Gasteiger partial charge in [0.05, 0.1) is 0 Å². The molecule has 6 aromatic rings. The molecule has 0 N–H and O–H groups in total. The number of benzene rings is 4. The van der Waals surface area contributed by atoms with Gasteiger partial charge in [-0.1, -0.05) is 108 Å². The Hall–Kier alpha value is -4.14. The molecule has 0 spiro atoms. The van der Waals surface area contributed by atoms with Crippen LogP contribution in [0.4, 0.5) is 0 Å². The minimum Gasteiger partial charge on any atom is -0.274 e. The first-order chi connectivity index (χ1) is 21.6. The molecule has 6 rings (SSSR count). The van der Waals surface area contributed by atoms with Crippen molar-refractivity contribution in [3.63, 3.8) is 0 Å². The molecule has 2 aromatic heterocycles. The van der Waals surface area contributed by atoms with Crippen molar-refractivity contribution in [3.8, 4) is 11.4 Å². The predicted octanol–water partition coefficient (Wildman–Crippen LogP) is 8.61. The standard InChI is InChI=1S/C36H36N6S2/c1-27-13-11-19-31(23-27)41-33(37-39-35(41)43-25-29-15-5-3-6-16-29)21-9-10-22-34-38-40-36(44-26-30-17-7-4-8-18-30)42(34)32-20-12-14-28(2)24-32/h3-8,11-20,23-24H,9-10,21-22,25-26H2,1-2H3. The second kappa shape index (κ2) is 14.6. The first-order valence-electron chi connectivity index (χ1n) is 15.0. The van der Waals surface area contributed by atoms with E-state index in [1.807, 2.05) is 0 Å². The first kappa shape index (κ1) is 29.9. The van der Waals surface area contributed by atoms with Gasteiger partial charge in [-0.15, -0.1) is 20.4 Å². The van der Waals surface area contributed by atoms with E-state index < -0.39 is 0 Å². The smallest absolute Gasteiger partial charge is 0.196 e. The van der Waals surface area contributed by atoms with E-state index >= 15 is 0 Å². The topological polar surface area (TPSA) is 61.4 Å². The second-order valence-corrected chi connectivity index (χ2v) is 12.8. The van der Waals surface area contributed by atoms with Crippen LogP contribution in [0.25, 0.3) is 11.4 Å². The zero-order valence-electron chi connectivity index (χ0n) is 25.1. The summed E-state index contributed by atoms with van der Waals surface area (Å²) in [6.07, 6.45) is 3.61. The van der Waals surface area contributed by atoms with Crippen molar-refractivity contribution < 1.29 is 0 Å². The number of aromatic nitrogens is 6. The van der Waals surface area contributed by atoms with Gasteiger partial charge >= 0.3 is 0 Å². The molecule has 0 unspecified atom stereocenters. The van der Waals surface area contributed by atoms with Crippen LogP contribution < -0.4 is 0 Å². The lowest BCUT2D eigenvalue weighted by atomic mass is 10.1.